The Morgan fingerprint density at radius 3 is 2.09 bits per heavy atom. The fraction of sp³-hybridized carbons (Fsp3) is 0.250. The third-order valence-electron chi connectivity index (χ3n) is 4.74. The van der Waals surface area contributed by atoms with Crippen LogP contribution in [0.2, 0.25) is 0 Å². The summed E-state index contributed by atoms with van der Waals surface area (Å²) in [5, 5.41) is 9.83. The molecule has 23 heavy (non-hydrogen) atoms. The van der Waals surface area contributed by atoms with Gasteiger partial charge >= 0.3 is 0 Å². The van der Waals surface area contributed by atoms with Gasteiger partial charge in [-0.05, 0) is 47.2 Å². The standard InChI is InChI=1S/C20H18O3/c21-17-11-12-18(22)23-20(17)19-15-7-3-1-5-13(15)9-10-14-6-2-4-8-16(14)19/h1-8,11-12,18-20,22H,9-10H2/t18-,20-/m1/s1. The normalized spacial score (nSPS) is 24.0. The molecule has 2 atom stereocenters. The predicted molar refractivity (Wildman–Crippen MR) is 87.2 cm³/mol. The molecular weight excluding hydrogens is 288 g/mol. The molecule has 1 heterocycles. The van der Waals surface area contributed by atoms with Gasteiger partial charge in [-0.1, -0.05) is 48.5 Å². The van der Waals surface area contributed by atoms with E-state index in [1.165, 1.54) is 23.3 Å². The Morgan fingerprint density at radius 1 is 0.913 bits per heavy atom. The number of fused-ring (bicyclic) bond motifs is 2. The fourth-order valence-corrected chi connectivity index (χ4v) is 3.67. The van der Waals surface area contributed by atoms with Gasteiger partial charge in [0.15, 0.2) is 12.1 Å². The van der Waals surface area contributed by atoms with Crippen molar-refractivity contribution in [2.75, 3.05) is 0 Å². The van der Waals surface area contributed by atoms with Crippen LogP contribution in [0.1, 0.15) is 28.2 Å². The molecule has 3 heteroatoms. The lowest BCUT2D eigenvalue weighted by atomic mass is 9.82. The quantitative estimate of drug-likeness (QED) is 0.881. The molecule has 2 aromatic carbocycles. The van der Waals surface area contributed by atoms with E-state index in [1.807, 2.05) is 24.3 Å². The Bertz CT molecular complexity index is 730. The second-order valence-corrected chi connectivity index (χ2v) is 6.08. The molecule has 1 N–H and O–H groups in total. The summed E-state index contributed by atoms with van der Waals surface area (Å²) in [4.78, 5) is 12.4. The average Bonchev–Trinajstić information content (AvgIpc) is 2.74. The van der Waals surface area contributed by atoms with Gasteiger partial charge in [0.05, 0.1) is 0 Å². The SMILES string of the molecule is O=C1C=C[C@H](O)O[C@H]1C1c2ccccc2CCc2ccccc21. The maximum absolute atomic E-state index is 12.4. The second-order valence-electron chi connectivity index (χ2n) is 6.08. The van der Waals surface area contributed by atoms with Crippen molar-refractivity contribution >= 4 is 5.78 Å². The molecule has 0 spiro atoms. The van der Waals surface area contributed by atoms with Gasteiger partial charge < -0.3 is 9.84 Å². The van der Waals surface area contributed by atoms with Crippen LogP contribution in [0.25, 0.3) is 0 Å². The number of benzene rings is 2. The lowest BCUT2D eigenvalue weighted by Crippen LogP contribution is -2.37. The minimum atomic E-state index is -1.03. The van der Waals surface area contributed by atoms with Crippen molar-refractivity contribution < 1.29 is 14.6 Å². The highest BCUT2D eigenvalue weighted by atomic mass is 16.6. The first-order valence-electron chi connectivity index (χ1n) is 7.95. The van der Waals surface area contributed by atoms with Crippen LogP contribution < -0.4 is 0 Å². The van der Waals surface area contributed by atoms with E-state index in [-0.39, 0.29) is 11.7 Å². The van der Waals surface area contributed by atoms with Crippen LogP contribution in [-0.2, 0) is 22.4 Å². The molecule has 1 aliphatic heterocycles. The topological polar surface area (TPSA) is 46.5 Å². The molecule has 4 rings (SSSR count). The second kappa shape index (κ2) is 5.76. The number of hydrogen-bond donors (Lipinski definition) is 1. The first kappa shape index (κ1) is 14.4. The van der Waals surface area contributed by atoms with Gasteiger partial charge in [0, 0.05) is 5.92 Å². The molecule has 1 aliphatic carbocycles. The lowest BCUT2D eigenvalue weighted by Gasteiger charge is -2.30. The van der Waals surface area contributed by atoms with Crippen LogP contribution in [0.15, 0.2) is 60.7 Å². The van der Waals surface area contributed by atoms with Crippen molar-refractivity contribution in [3.8, 4) is 0 Å². The summed E-state index contributed by atoms with van der Waals surface area (Å²) in [5.74, 6) is -0.274. The van der Waals surface area contributed by atoms with E-state index in [0.717, 1.165) is 24.0 Å². The molecule has 0 radical (unpaired) electrons. The number of carbonyl (C=O) groups excluding carboxylic acids is 1. The van der Waals surface area contributed by atoms with E-state index in [2.05, 4.69) is 24.3 Å². The molecule has 0 aromatic heterocycles. The van der Waals surface area contributed by atoms with Crippen LogP contribution in [0.5, 0.6) is 0 Å². The first-order valence-corrected chi connectivity index (χ1v) is 7.95. The fourth-order valence-electron chi connectivity index (χ4n) is 3.67. The zero-order valence-electron chi connectivity index (χ0n) is 12.7. The van der Waals surface area contributed by atoms with Gasteiger partial charge in [0.2, 0.25) is 0 Å². The molecule has 2 aromatic rings. The number of rotatable bonds is 1. The third-order valence-corrected chi connectivity index (χ3v) is 4.74. The zero-order valence-corrected chi connectivity index (χ0v) is 12.7. The van der Waals surface area contributed by atoms with Crippen molar-refractivity contribution in [2.45, 2.75) is 31.2 Å². The number of aliphatic hydroxyl groups excluding tert-OH is 1. The van der Waals surface area contributed by atoms with E-state index in [4.69, 9.17) is 4.74 Å². The van der Waals surface area contributed by atoms with Gasteiger partial charge in [-0.15, -0.1) is 0 Å². The summed E-state index contributed by atoms with van der Waals surface area (Å²) in [7, 11) is 0. The van der Waals surface area contributed by atoms with Crippen LogP contribution >= 0.6 is 0 Å². The number of ketones is 1. The average molecular weight is 306 g/mol. The van der Waals surface area contributed by atoms with Crippen molar-refractivity contribution in [3.63, 3.8) is 0 Å². The third kappa shape index (κ3) is 2.52. The van der Waals surface area contributed by atoms with Gasteiger partial charge in [0.25, 0.3) is 0 Å². The van der Waals surface area contributed by atoms with Crippen molar-refractivity contribution in [1.82, 2.24) is 0 Å². The summed E-state index contributed by atoms with van der Waals surface area (Å²) < 4.78 is 5.63. The smallest absolute Gasteiger partial charge is 0.185 e. The van der Waals surface area contributed by atoms with Gasteiger partial charge in [0.1, 0.15) is 6.10 Å². The number of aliphatic hydroxyl groups is 1. The van der Waals surface area contributed by atoms with Crippen LogP contribution in [0.4, 0.5) is 0 Å². The Balaban J connectivity index is 1.90. The highest BCUT2D eigenvalue weighted by Gasteiger charge is 2.37. The Morgan fingerprint density at radius 2 is 1.48 bits per heavy atom. The monoisotopic (exact) mass is 306 g/mol. The van der Waals surface area contributed by atoms with Crippen LogP contribution in [-0.4, -0.2) is 23.3 Å². The summed E-state index contributed by atoms with van der Waals surface area (Å²) in [6.07, 6.45) is 3.02. The Kier molecular flexibility index (Phi) is 3.60. The lowest BCUT2D eigenvalue weighted by molar-refractivity contribution is -0.149. The molecule has 2 aliphatic rings. The first-order chi connectivity index (χ1) is 11.2. The van der Waals surface area contributed by atoms with Gasteiger partial charge in [-0.25, -0.2) is 0 Å². The highest BCUT2D eigenvalue weighted by molar-refractivity contribution is 5.95. The Hall–Kier alpha value is -2.23. The Labute approximate surface area is 135 Å². The molecular formula is C20H18O3. The highest BCUT2D eigenvalue weighted by Crippen LogP contribution is 2.39. The van der Waals surface area contributed by atoms with Crippen molar-refractivity contribution in [2.24, 2.45) is 0 Å². The van der Waals surface area contributed by atoms with Crippen molar-refractivity contribution in [3.05, 3.63) is 82.9 Å². The number of ether oxygens (including phenoxy) is 1. The molecule has 0 saturated heterocycles. The van der Waals surface area contributed by atoms with E-state index < -0.39 is 12.4 Å². The van der Waals surface area contributed by atoms with Crippen LogP contribution in [0, 0.1) is 0 Å². The van der Waals surface area contributed by atoms with E-state index in [0.29, 0.717) is 0 Å². The van der Waals surface area contributed by atoms with Gasteiger partial charge in [-0.3, -0.25) is 4.79 Å². The molecule has 0 amide bonds. The minimum Gasteiger partial charge on any atom is -0.365 e. The summed E-state index contributed by atoms with van der Waals surface area (Å²) >= 11 is 0. The van der Waals surface area contributed by atoms with Crippen LogP contribution in [0.3, 0.4) is 0 Å². The van der Waals surface area contributed by atoms with E-state index in [1.54, 1.807) is 0 Å². The maximum Gasteiger partial charge on any atom is 0.185 e. The largest absolute Gasteiger partial charge is 0.365 e. The molecule has 0 fully saturated rings. The predicted octanol–water partition coefficient (Wildman–Crippen LogP) is 2.76. The van der Waals surface area contributed by atoms with E-state index >= 15 is 0 Å². The summed E-state index contributed by atoms with van der Waals surface area (Å²) in [6, 6.07) is 16.4. The zero-order chi connectivity index (χ0) is 15.8. The number of carbonyl (C=O) groups is 1. The maximum atomic E-state index is 12.4. The number of aryl methyl sites for hydroxylation is 2. The molecule has 0 saturated carbocycles. The summed E-state index contributed by atoms with van der Waals surface area (Å²) in [6.45, 7) is 0. The molecule has 3 nitrogen and oxygen atoms in total. The minimum absolute atomic E-state index is 0.0909. The number of hydrogen-bond acceptors (Lipinski definition) is 3. The molecule has 0 bridgehead atoms. The molecule has 116 valence electrons. The van der Waals surface area contributed by atoms with E-state index in [9.17, 15) is 9.90 Å². The molecule has 0 unspecified atom stereocenters. The van der Waals surface area contributed by atoms with Gasteiger partial charge in [-0.2, -0.15) is 0 Å². The van der Waals surface area contributed by atoms with Crippen molar-refractivity contribution in [1.29, 1.82) is 0 Å². The summed E-state index contributed by atoms with van der Waals surface area (Å²) in [5.41, 5.74) is 4.74.